The van der Waals surface area contributed by atoms with Crippen molar-refractivity contribution in [2.75, 3.05) is 23.7 Å². The van der Waals surface area contributed by atoms with Crippen molar-refractivity contribution in [3.05, 3.63) is 23.0 Å². The molecule has 0 aliphatic carbocycles. The Balaban J connectivity index is 2.24. The molecule has 1 fully saturated rings. The molecule has 2 nitrogen and oxygen atoms in total. The highest BCUT2D eigenvalue weighted by Gasteiger charge is 2.17. The predicted octanol–water partition coefficient (Wildman–Crippen LogP) is 3.69. The van der Waals surface area contributed by atoms with E-state index in [9.17, 15) is 4.39 Å². The molecule has 0 radical (unpaired) electrons. The summed E-state index contributed by atoms with van der Waals surface area (Å²) in [6, 6.07) is 2.95. The lowest BCUT2D eigenvalue weighted by Gasteiger charge is -2.24. The summed E-state index contributed by atoms with van der Waals surface area (Å²) in [6.45, 7) is 4.14. The first-order valence-corrected chi connectivity index (χ1v) is 6.45. The summed E-state index contributed by atoms with van der Waals surface area (Å²) in [5, 5.41) is 0.0921. The van der Waals surface area contributed by atoms with Gasteiger partial charge >= 0.3 is 0 Å². The summed E-state index contributed by atoms with van der Waals surface area (Å²) >= 11 is 5.71. The Morgan fingerprint density at radius 1 is 1.35 bits per heavy atom. The average Bonchev–Trinajstić information content (AvgIpc) is 2.49. The summed E-state index contributed by atoms with van der Waals surface area (Å²) < 4.78 is 13.5. The highest BCUT2D eigenvalue weighted by atomic mass is 35.5. The minimum Gasteiger partial charge on any atom is -0.397 e. The van der Waals surface area contributed by atoms with Gasteiger partial charge in [-0.1, -0.05) is 18.5 Å². The molecule has 94 valence electrons. The zero-order chi connectivity index (χ0) is 12.4. The highest BCUT2D eigenvalue weighted by molar-refractivity contribution is 6.31. The topological polar surface area (TPSA) is 29.3 Å². The van der Waals surface area contributed by atoms with Gasteiger partial charge in [-0.3, -0.25) is 0 Å². The molecule has 0 bridgehead atoms. The molecule has 2 rings (SSSR count). The molecule has 4 heteroatoms. The standard InChI is InChI=1S/C13H18ClFN2/c1-9-3-2-5-17(6-4-9)13-8-11(15)10(14)7-12(13)16/h7-9H,2-6,16H2,1H3. The van der Waals surface area contributed by atoms with Crippen LogP contribution in [-0.4, -0.2) is 13.1 Å². The fourth-order valence-corrected chi connectivity index (χ4v) is 2.50. The number of benzene rings is 1. The van der Waals surface area contributed by atoms with Crippen molar-refractivity contribution in [1.82, 2.24) is 0 Å². The molecule has 2 N–H and O–H groups in total. The number of nitrogens with zero attached hydrogens (tertiary/aromatic N) is 1. The van der Waals surface area contributed by atoms with Crippen LogP contribution in [0.2, 0.25) is 5.02 Å². The first-order valence-electron chi connectivity index (χ1n) is 6.07. The number of nitrogen functional groups attached to an aromatic ring is 1. The molecular formula is C13H18ClFN2. The normalized spacial score (nSPS) is 21.4. The van der Waals surface area contributed by atoms with E-state index in [0.29, 0.717) is 5.69 Å². The van der Waals surface area contributed by atoms with Gasteiger partial charge < -0.3 is 10.6 Å². The Labute approximate surface area is 107 Å². The molecule has 1 aliphatic rings. The molecular weight excluding hydrogens is 239 g/mol. The lowest BCUT2D eigenvalue weighted by atomic mass is 10.0. The summed E-state index contributed by atoms with van der Waals surface area (Å²) in [5.41, 5.74) is 7.25. The molecule has 0 aromatic heterocycles. The SMILES string of the molecule is CC1CCCN(c2cc(F)c(Cl)cc2N)CC1. The maximum Gasteiger partial charge on any atom is 0.144 e. The quantitative estimate of drug-likeness (QED) is 0.777. The second-order valence-corrected chi connectivity index (χ2v) is 5.26. The van der Waals surface area contributed by atoms with Crippen LogP contribution in [0.5, 0.6) is 0 Å². The van der Waals surface area contributed by atoms with E-state index >= 15 is 0 Å². The first-order chi connectivity index (χ1) is 8.08. The Morgan fingerprint density at radius 2 is 2.12 bits per heavy atom. The second-order valence-electron chi connectivity index (χ2n) is 4.85. The summed E-state index contributed by atoms with van der Waals surface area (Å²) in [7, 11) is 0. The van der Waals surface area contributed by atoms with E-state index in [4.69, 9.17) is 17.3 Å². The molecule has 1 aliphatic heterocycles. The Kier molecular flexibility index (Phi) is 3.77. The molecule has 1 saturated heterocycles. The zero-order valence-corrected chi connectivity index (χ0v) is 10.8. The fourth-order valence-electron chi connectivity index (χ4n) is 2.33. The van der Waals surface area contributed by atoms with Crippen molar-refractivity contribution in [2.45, 2.75) is 26.2 Å². The van der Waals surface area contributed by atoms with Gasteiger partial charge in [-0.15, -0.1) is 0 Å². The van der Waals surface area contributed by atoms with Crippen molar-refractivity contribution in [2.24, 2.45) is 5.92 Å². The largest absolute Gasteiger partial charge is 0.397 e. The van der Waals surface area contributed by atoms with Crippen molar-refractivity contribution < 1.29 is 4.39 Å². The van der Waals surface area contributed by atoms with Crippen LogP contribution in [-0.2, 0) is 0 Å². The number of halogens is 2. The fraction of sp³-hybridized carbons (Fsp3) is 0.538. The molecule has 17 heavy (non-hydrogen) atoms. The van der Waals surface area contributed by atoms with E-state index in [-0.39, 0.29) is 5.02 Å². The van der Waals surface area contributed by atoms with Gasteiger partial charge in [0.15, 0.2) is 0 Å². The smallest absolute Gasteiger partial charge is 0.144 e. The van der Waals surface area contributed by atoms with E-state index in [1.807, 2.05) is 0 Å². The van der Waals surface area contributed by atoms with E-state index in [0.717, 1.165) is 37.5 Å². The van der Waals surface area contributed by atoms with Gasteiger partial charge in [0.05, 0.1) is 16.4 Å². The molecule has 0 spiro atoms. The number of rotatable bonds is 1. The van der Waals surface area contributed by atoms with Gasteiger partial charge in [-0.05, 0) is 31.2 Å². The minimum atomic E-state index is -0.395. The third-order valence-corrected chi connectivity index (χ3v) is 3.72. The third-order valence-electron chi connectivity index (χ3n) is 3.43. The monoisotopic (exact) mass is 256 g/mol. The number of hydrogen-bond acceptors (Lipinski definition) is 2. The lowest BCUT2D eigenvalue weighted by Crippen LogP contribution is -2.25. The lowest BCUT2D eigenvalue weighted by molar-refractivity contribution is 0.521. The van der Waals surface area contributed by atoms with Crippen LogP contribution in [0.3, 0.4) is 0 Å². The van der Waals surface area contributed by atoms with Gasteiger partial charge in [-0.25, -0.2) is 4.39 Å². The van der Waals surface area contributed by atoms with E-state index in [1.165, 1.54) is 18.6 Å². The van der Waals surface area contributed by atoms with Crippen molar-refractivity contribution in [1.29, 1.82) is 0 Å². The maximum atomic E-state index is 13.5. The Morgan fingerprint density at radius 3 is 2.88 bits per heavy atom. The minimum absolute atomic E-state index is 0.0921. The van der Waals surface area contributed by atoms with Crippen LogP contribution in [0.1, 0.15) is 26.2 Å². The predicted molar refractivity (Wildman–Crippen MR) is 71.1 cm³/mol. The van der Waals surface area contributed by atoms with Gasteiger partial charge in [0.2, 0.25) is 0 Å². The summed E-state index contributed by atoms with van der Waals surface area (Å²) in [5.74, 6) is 0.339. The van der Waals surface area contributed by atoms with Gasteiger partial charge in [0.25, 0.3) is 0 Å². The first kappa shape index (κ1) is 12.5. The molecule has 0 amide bonds. The van der Waals surface area contributed by atoms with Crippen LogP contribution in [0.15, 0.2) is 12.1 Å². The van der Waals surface area contributed by atoms with Gasteiger partial charge in [-0.2, -0.15) is 0 Å². The maximum absolute atomic E-state index is 13.5. The van der Waals surface area contributed by atoms with E-state index < -0.39 is 5.82 Å². The zero-order valence-electron chi connectivity index (χ0n) is 10.0. The second kappa shape index (κ2) is 5.13. The number of anilines is 2. The summed E-state index contributed by atoms with van der Waals surface area (Å²) in [4.78, 5) is 2.16. The number of hydrogen-bond donors (Lipinski definition) is 1. The molecule has 1 unspecified atom stereocenters. The molecule has 1 aromatic rings. The highest BCUT2D eigenvalue weighted by Crippen LogP contribution is 2.31. The van der Waals surface area contributed by atoms with Crippen molar-refractivity contribution >= 4 is 23.0 Å². The Hall–Kier alpha value is -0.960. The van der Waals surface area contributed by atoms with Crippen molar-refractivity contribution in [3.8, 4) is 0 Å². The van der Waals surface area contributed by atoms with Crippen LogP contribution in [0.25, 0.3) is 0 Å². The van der Waals surface area contributed by atoms with E-state index in [2.05, 4.69) is 11.8 Å². The van der Waals surface area contributed by atoms with Crippen LogP contribution < -0.4 is 10.6 Å². The van der Waals surface area contributed by atoms with E-state index in [1.54, 1.807) is 0 Å². The van der Waals surface area contributed by atoms with Crippen LogP contribution >= 0.6 is 11.6 Å². The van der Waals surface area contributed by atoms with Crippen LogP contribution in [0, 0.1) is 11.7 Å². The van der Waals surface area contributed by atoms with Gasteiger partial charge in [0, 0.05) is 19.2 Å². The van der Waals surface area contributed by atoms with Crippen LogP contribution in [0.4, 0.5) is 15.8 Å². The van der Waals surface area contributed by atoms with Gasteiger partial charge in [0.1, 0.15) is 5.82 Å². The summed E-state index contributed by atoms with van der Waals surface area (Å²) in [6.07, 6.45) is 3.49. The number of nitrogens with two attached hydrogens (primary N) is 1. The van der Waals surface area contributed by atoms with Crippen molar-refractivity contribution in [3.63, 3.8) is 0 Å². The average molecular weight is 257 g/mol. The molecule has 1 atom stereocenters. The Bertz CT molecular complexity index is 409. The molecule has 1 aromatic carbocycles. The molecule has 1 heterocycles. The molecule has 0 saturated carbocycles. The third kappa shape index (κ3) is 2.83.